The van der Waals surface area contributed by atoms with Crippen molar-refractivity contribution in [3.8, 4) is 11.5 Å². The standard InChI is InChI=1S/C10H11BrF3NO2/c1-17-8-3-5(2-6(11)9(8)16)7(15)4-10(12,13)14/h2-3,7,16H,4,15H2,1H3/t7-/m0/s1. The lowest BCUT2D eigenvalue weighted by atomic mass is 10.0. The molecule has 17 heavy (non-hydrogen) atoms. The number of aromatic hydroxyl groups is 1. The highest BCUT2D eigenvalue weighted by Gasteiger charge is 2.31. The van der Waals surface area contributed by atoms with Gasteiger partial charge in [0.2, 0.25) is 0 Å². The number of phenols is 1. The second-order valence-corrected chi connectivity index (χ2v) is 4.33. The second-order valence-electron chi connectivity index (χ2n) is 3.48. The first-order valence-corrected chi connectivity index (χ1v) is 5.42. The van der Waals surface area contributed by atoms with Gasteiger partial charge in [-0.2, -0.15) is 13.2 Å². The number of rotatable bonds is 3. The Kier molecular flexibility index (Phi) is 4.26. The lowest BCUT2D eigenvalue weighted by Gasteiger charge is -2.16. The van der Waals surface area contributed by atoms with Gasteiger partial charge in [-0.1, -0.05) is 0 Å². The highest BCUT2D eigenvalue weighted by molar-refractivity contribution is 9.10. The normalized spacial score (nSPS) is 13.5. The number of nitrogens with two attached hydrogens (primary N) is 1. The van der Waals surface area contributed by atoms with Crippen LogP contribution >= 0.6 is 15.9 Å². The molecule has 0 amide bonds. The molecule has 1 aromatic rings. The van der Waals surface area contributed by atoms with Gasteiger partial charge >= 0.3 is 6.18 Å². The van der Waals surface area contributed by atoms with E-state index in [1.54, 1.807) is 0 Å². The summed E-state index contributed by atoms with van der Waals surface area (Å²) in [5.74, 6) is -0.0949. The van der Waals surface area contributed by atoms with E-state index in [9.17, 15) is 18.3 Å². The predicted molar refractivity (Wildman–Crippen MR) is 60.0 cm³/mol. The molecule has 0 saturated carbocycles. The van der Waals surface area contributed by atoms with Crippen LogP contribution in [0.3, 0.4) is 0 Å². The van der Waals surface area contributed by atoms with E-state index >= 15 is 0 Å². The molecule has 1 atom stereocenters. The van der Waals surface area contributed by atoms with Crippen LogP contribution in [0.1, 0.15) is 18.0 Å². The van der Waals surface area contributed by atoms with Crippen molar-refractivity contribution >= 4 is 15.9 Å². The smallest absolute Gasteiger partial charge is 0.390 e. The van der Waals surface area contributed by atoms with Gasteiger partial charge in [-0.25, -0.2) is 0 Å². The summed E-state index contributed by atoms with van der Waals surface area (Å²) >= 11 is 3.02. The van der Waals surface area contributed by atoms with Crippen LogP contribution in [0.25, 0.3) is 0 Å². The number of ether oxygens (including phenoxy) is 1. The fourth-order valence-electron chi connectivity index (χ4n) is 1.33. The van der Waals surface area contributed by atoms with Gasteiger partial charge in [0.25, 0.3) is 0 Å². The van der Waals surface area contributed by atoms with Crippen LogP contribution in [-0.2, 0) is 0 Å². The number of methoxy groups -OCH3 is 1. The largest absolute Gasteiger partial charge is 0.503 e. The van der Waals surface area contributed by atoms with Crippen LogP contribution in [0.2, 0.25) is 0 Å². The average Bonchev–Trinajstić information content (AvgIpc) is 2.19. The Morgan fingerprint density at radius 2 is 2.06 bits per heavy atom. The minimum atomic E-state index is -4.34. The number of hydrogen-bond donors (Lipinski definition) is 2. The monoisotopic (exact) mass is 313 g/mol. The van der Waals surface area contributed by atoms with Gasteiger partial charge in [0.05, 0.1) is 18.0 Å². The van der Waals surface area contributed by atoms with Gasteiger partial charge in [-0.05, 0) is 33.6 Å². The molecule has 7 heteroatoms. The fraction of sp³-hybridized carbons (Fsp3) is 0.400. The molecule has 3 N–H and O–H groups in total. The molecule has 0 aromatic heterocycles. The molecule has 0 aliphatic carbocycles. The molecule has 0 unspecified atom stereocenters. The fourth-order valence-corrected chi connectivity index (χ4v) is 1.79. The molecule has 0 spiro atoms. The van der Waals surface area contributed by atoms with E-state index < -0.39 is 18.6 Å². The van der Waals surface area contributed by atoms with Crippen LogP contribution < -0.4 is 10.5 Å². The number of alkyl halides is 3. The van der Waals surface area contributed by atoms with Crippen molar-refractivity contribution in [1.29, 1.82) is 0 Å². The van der Waals surface area contributed by atoms with Gasteiger partial charge < -0.3 is 15.6 Å². The van der Waals surface area contributed by atoms with E-state index in [4.69, 9.17) is 10.5 Å². The Morgan fingerprint density at radius 3 is 2.53 bits per heavy atom. The lowest BCUT2D eigenvalue weighted by Crippen LogP contribution is -2.20. The van der Waals surface area contributed by atoms with Crippen molar-refractivity contribution in [2.24, 2.45) is 5.73 Å². The van der Waals surface area contributed by atoms with Crippen molar-refractivity contribution in [2.45, 2.75) is 18.6 Å². The molecule has 1 aromatic carbocycles. The second kappa shape index (κ2) is 5.14. The van der Waals surface area contributed by atoms with E-state index in [1.165, 1.54) is 19.2 Å². The maximum absolute atomic E-state index is 12.2. The summed E-state index contributed by atoms with van der Waals surface area (Å²) in [7, 11) is 1.31. The third-order valence-electron chi connectivity index (χ3n) is 2.15. The van der Waals surface area contributed by atoms with Crippen molar-refractivity contribution in [1.82, 2.24) is 0 Å². The van der Waals surface area contributed by atoms with Gasteiger partial charge in [0.15, 0.2) is 11.5 Å². The first kappa shape index (κ1) is 14.1. The zero-order valence-electron chi connectivity index (χ0n) is 8.88. The third kappa shape index (κ3) is 3.78. The summed E-state index contributed by atoms with van der Waals surface area (Å²) in [6, 6.07) is 1.44. The molecule has 0 heterocycles. The van der Waals surface area contributed by atoms with Crippen LogP contribution in [0, 0.1) is 0 Å². The summed E-state index contributed by atoms with van der Waals surface area (Å²) in [5.41, 5.74) is 5.69. The molecular formula is C10H11BrF3NO2. The van der Waals surface area contributed by atoms with Crippen LogP contribution in [0.4, 0.5) is 13.2 Å². The van der Waals surface area contributed by atoms with Gasteiger partial charge in [-0.3, -0.25) is 0 Å². The van der Waals surface area contributed by atoms with Crippen molar-refractivity contribution in [3.63, 3.8) is 0 Å². The zero-order valence-corrected chi connectivity index (χ0v) is 10.5. The quantitative estimate of drug-likeness (QED) is 0.901. The Hall–Kier alpha value is -0.950. The van der Waals surface area contributed by atoms with Gasteiger partial charge in [-0.15, -0.1) is 0 Å². The molecule has 96 valence electrons. The van der Waals surface area contributed by atoms with Gasteiger partial charge in [0, 0.05) is 6.04 Å². The van der Waals surface area contributed by atoms with Crippen LogP contribution in [0.5, 0.6) is 11.5 Å². The van der Waals surface area contributed by atoms with Crippen molar-refractivity contribution in [3.05, 3.63) is 22.2 Å². The van der Waals surface area contributed by atoms with E-state index in [0.29, 0.717) is 0 Å². The molecular weight excluding hydrogens is 303 g/mol. The molecule has 0 saturated heterocycles. The van der Waals surface area contributed by atoms with E-state index in [0.717, 1.165) is 0 Å². The van der Waals surface area contributed by atoms with Crippen LogP contribution in [-0.4, -0.2) is 18.4 Å². The molecule has 0 aliphatic rings. The number of phenolic OH excluding ortho intramolecular Hbond substituents is 1. The Labute approximate surface area is 105 Å². The minimum absolute atomic E-state index is 0.0759. The van der Waals surface area contributed by atoms with E-state index in [1.807, 2.05) is 0 Å². The molecule has 3 nitrogen and oxygen atoms in total. The molecule has 0 fully saturated rings. The summed E-state index contributed by atoms with van der Waals surface area (Å²) in [6.45, 7) is 0. The topological polar surface area (TPSA) is 55.5 Å². The van der Waals surface area contributed by atoms with Crippen LogP contribution in [0.15, 0.2) is 16.6 Å². The maximum Gasteiger partial charge on any atom is 0.390 e. The molecule has 0 aliphatic heterocycles. The van der Waals surface area contributed by atoms with Crippen molar-refractivity contribution < 1.29 is 23.0 Å². The molecule has 0 bridgehead atoms. The maximum atomic E-state index is 12.2. The first-order valence-electron chi connectivity index (χ1n) is 4.63. The average molecular weight is 314 g/mol. The number of benzene rings is 1. The Bertz CT molecular complexity index is 409. The number of hydrogen-bond acceptors (Lipinski definition) is 3. The Morgan fingerprint density at radius 1 is 1.47 bits per heavy atom. The zero-order chi connectivity index (χ0) is 13.2. The van der Waals surface area contributed by atoms with E-state index in [-0.39, 0.29) is 21.5 Å². The number of halogens is 4. The van der Waals surface area contributed by atoms with Gasteiger partial charge in [0.1, 0.15) is 0 Å². The third-order valence-corrected chi connectivity index (χ3v) is 2.75. The SMILES string of the molecule is COc1cc([C@@H](N)CC(F)(F)F)cc(Br)c1O. The molecule has 0 radical (unpaired) electrons. The highest BCUT2D eigenvalue weighted by Crippen LogP contribution is 2.38. The predicted octanol–water partition coefficient (Wildman–Crippen LogP) is 3.12. The first-order chi connectivity index (χ1) is 7.74. The summed E-state index contributed by atoms with van der Waals surface area (Å²) < 4.78 is 41.6. The minimum Gasteiger partial charge on any atom is -0.503 e. The Balaban J connectivity index is 3.03. The molecule has 1 rings (SSSR count). The van der Waals surface area contributed by atoms with E-state index in [2.05, 4.69) is 15.9 Å². The lowest BCUT2D eigenvalue weighted by molar-refractivity contribution is -0.138. The highest BCUT2D eigenvalue weighted by atomic mass is 79.9. The summed E-state index contributed by atoms with van der Waals surface area (Å²) in [5, 5.41) is 9.50. The van der Waals surface area contributed by atoms with Crippen molar-refractivity contribution in [2.75, 3.05) is 7.11 Å². The summed E-state index contributed by atoms with van der Waals surface area (Å²) in [6.07, 6.45) is -5.47. The summed E-state index contributed by atoms with van der Waals surface area (Å²) in [4.78, 5) is 0.